The zero-order chi connectivity index (χ0) is 12.3. The van der Waals surface area contributed by atoms with Gasteiger partial charge in [0.25, 0.3) is 0 Å². The van der Waals surface area contributed by atoms with E-state index in [0.29, 0.717) is 6.61 Å². The molecular weight excluding hydrogens is 216 g/mol. The number of rotatable bonds is 3. The fourth-order valence-electron chi connectivity index (χ4n) is 2.95. The standard InChI is InChI=1S/C13H20N2O2/c1-10-12(6-9-17-10)13(16)15(8-7-14)11-4-2-3-5-11/h10-12H,2-6,8-9H2,1H3. The molecule has 0 aromatic heterocycles. The highest BCUT2D eigenvalue weighted by atomic mass is 16.5. The summed E-state index contributed by atoms with van der Waals surface area (Å²) in [5.74, 6) is 0.0902. The van der Waals surface area contributed by atoms with Crippen LogP contribution in [0.1, 0.15) is 39.0 Å². The van der Waals surface area contributed by atoms with Crippen LogP contribution in [0.3, 0.4) is 0 Å². The molecule has 2 atom stereocenters. The monoisotopic (exact) mass is 236 g/mol. The van der Waals surface area contributed by atoms with E-state index in [2.05, 4.69) is 6.07 Å². The smallest absolute Gasteiger partial charge is 0.229 e. The first kappa shape index (κ1) is 12.4. The van der Waals surface area contributed by atoms with Crippen molar-refractivity contribution in [3.8, 4) is 6.07 Å². The fraction of sp³-hybridized carbons (Fsp3) is 0.846. The van der Waals surface area contributed by atoms with E-state index in [1.165, 1.54) is 12.8 Å². The summed E-state index contributed by atoms with van der Waals surface area (Å²) in [5, 5.41) is 8.88. The lowest BCUT2D eigenvalue weighted by Gasteiger charge is -2.29. The van der Waals surface area contributed by atoms with Crippen LogP contribution in [0.5, 0.6) is 0 Å². The van der Waals surface area contributed by atoms with Gasteiger partial charge in [-0.05, 0) is 26.2 Å². The van der Waals surface area contributed by atoms with E-state index in [4.69, 9.17) is 10.00 Å². The summed E-state index contributed by atoms with van der Waals surface area (Å²) >= 11 is 0. The van der Waals surface area contributed by atoms with Crippen molar-refractivity contribution < 1.29 is 9.53 Å². The quantitative estimate of drug-likeness (QED) is 0.701. The maximum atomic E-state index is 12.4. The highest BCUT2D eigenvalue weighted by Gasteiger charge is 2.36. The molecule has 0 spiro atoms. The van der Waals surface area contributed by atoms with E-state index < -0.39 is 0 Å². The molecule has 1 amide bonds. The molecule has 1 heterocycles. The average molecular weight is 236 g/mol. The Morgan fingerprint density at radius 1 is 1.41 bits per heavy atom. The first-order chi connectivity index (χ1) is 8.24. The van der Waals surface area contributed by atoms with Gasteiger partial charge in [0.15, 0.2) is 0 Å². The predicted molar refractivity (Wildman–Crippen MR) is 63.1 cm³/mol. The van der Waals surface area contributed by atoms with Gasteiger partial charge in [0.2, 0.25) is 5.91 Å². The van der Waals surface area contributed by atoms with Crippen molar-refractivity contribution in [2.75, 3.05) is 13.2 Å². The van der Waals surface area contributed by atoms with Gasteiger partial charge in [0, 0.05) is 12.6 Å². The summed E-state index contributed by atoms with van der Waals surface area (Å²) in [6.45, 7) is 2.85. The lowest BCUT2D eigenvalue weighted by molar-refractivity contribution is -0.138. The van der Waals surface area contributed by atoms with Crippen LogP contribution >= 0.6 is 0 Å². The summed E-state index contributed by atoms with van der Waals surface area (Å²) in [6.07, 6.45) is 5.26. The van der Waals surface area contributed by atoms with Crippen LogP contribution in [-0.4, -0.2) is 36.1 Å². The zero-order valence-corrected chi connectivity index (χ0v) is 10.4. The summed E-state index contributed by atoms with van der Waals surface area (Å²) in [5.41, 5.74) is 0. The Hall–Kier alpha value is -1.08. The Labute approximate surface area is 103 Å². The molecule has 0 aromatic carbocycles. The van der Waals surface area contributed by atoms with Crippen LogP contribution in [0, 0.1) is 17.2 Å². The Balaban J connectivity index is 2.04. The third kappa shape index (κ3) is 2.61. The minimum Gasteiger partial charge on any atom is -0.378 e. The molecule has 1 aliphatic carbocycles. The Kier molecular flexibility index (Phi) is 4.01. The lowest BCUT2D eigenvalue weighted by atomic mass is 9.99. The van der Waals surface area contributed by atoms with Crippen molar-refractivity contribution in [2.45, 2.75) is 51.2 Å². The number of hydrogen-bond acceptors (Lipinski definition) is 3. The van der Waals surface area contributed by atoms with Gasteiger partial charge in [-0.25, -0.2) is 0 Å². The molecular formula is C13H20N2O2. The molecule has 1 saturated heterocycles. The van der Waals surface area contributed by atoms with E-state index in [9.17, 15) is 4.79 Å². The first-order valence-corrected chi connectivity index (χ1v) is 6.53. The molecule has 2 aliphatic rings. The number of hydrogen-bond donors (Lipinski definition) is 0. The van der Waals surface area contributed by atoms with E-state index in [-0.39, 0.29) is 30.5 Å². The maximum absolute atomic E-state index is 12.4. The van der Waals surface area contributed by atoms with Gasteiger partial charge in [-0.15, -0.1) is 0 Å². The number of carbonyl (C=O) groups excluding carboxylic acids is 1. The van der Waals surface area contributed by atoms with Crippen LogP contribution in [0.4, 0.5) is 0 Å². The molecule has 4 nitrogen and oxygen atoms in total. The van der Waals surface area contributed by atoms with Gasteiger partial charge in [-0.3, -0.25) is 4.79 Å². The minimum absolute atomic E-state index is 0.00472. The van der Waals surface area contributed by atoms with Crippen molar-refractivity contribution in [2.24, 2.45) is 5.92 Å². The molecule has 94 valence electrons. The molecule has 1 saturated carbocycles. The summed E-state index contributed by atoms with van der Waals surface area (Å²) in [4.78, 5) is 14.2. The Bertz CT molecular complexity index is 318. The number of nitriles is 1. The normalized spacial score (nSPS) is 29.2. The van der Waals surface area contributed by atoms with Crippen LogP contribution in [0.15, 0.2) is 0 Å². The number of amides is 1. The van der Waals surface area contributed by atoms with Crippen LogP contribution < -0.4 is 0 Å². The predicted octanol–water partition coefficient (Wildman–Crippen LogP) is 1.71. The molecule has 0 radical (unpaired) electrons. The van der Waals surface area contributed by atoms with Gasteiger partial charge in [-0.1, -0.05) is 12.8 Å². The van der Waals surface area contributed by atoms with Crippen molar-refractivity contribution in [1.82, 2.24) is 4.90 Å². The second kappa shape index (κ2) is 5.50. The molecule has 0 aromatic rings. The Morgan fingerprint density at radius 3 is 2.65 bits per heavy atom. The highest BCUT2D eigenvalue weighted by Crippen LogP contribution is 2.28. The van der Waals surface area contributed by atoms with E-state index >= 15 is 0 Å². The summed E-state index contributed by atoms with van der Waals surface area (Å²) in [7, 11) is 0. The van der Waals surface area contributed by atoms with E-state index in [1.807, 2.05) is 6.92 Å². The van der Waals surface area contributed by atoms with Crippen LogP contribution in [0.2, 0.25) is 0 Å². The SMILES string of the molecule is CC1OCCC1C(=O)N(CC#N)C1CCCC1. The number of ether oxygens (including phenoxy) is 1. The second-order valence-corrected chi connectivity index (χ2v) is 5.03. The van der Waals surface area contributed by atoms with Crippen molar-refractivity contribution in [3.05, 3.63) is 0 Å². The second-order valence-electron chi connectivity index (χ2n) is 5.03. The van der Waals surface area contributed by atoms with Crippen molar-refractivity contribution in [1.29, 1.82) is 5.26 Å². The first-order valence-electron chi connectivity index (χ1n) is 6.53. The maximum Gasteiger partial charge on any atom is 0.229 e. The summed E-state index contributed by atoms with van der Waals surface area (Å²) in [6, 6.07) is 2.42. The third-order valence-electron chi connectivity index (χ3n) is 3.98. The van der Waals surface area contributed by atoms with Crippen LogP contribution in [0.25, 0.3) is 0 Å². The highest BCUT2D eigenvalue weighted by molar-refractivity contribution is 5.80. The molecule has 17 heavy (non-hydrogen) atoms. The fourth-order valence-corrected chi connectivity index (χ4v) is 2.95. The molecule has 1 aliphatic heterocycles. The van der Waals surface area contributed by atoms with Gasteiger partial charge in [0.05, 0.1) is 18.1 Å². The largest absolute Gasteiger partial charge is 0.378 e. The molecule has 2 unspecified atom stereocenters. The van der Waals surface area contributed by atoms with Crippen molar-refractivity contribution in [3.63, 3.8) is 0 Å². The third-order valence-corrected chi connectivity index (χ3v) is 3.98. The topological polar surface area (TPSA) is 53.3 Å². The zero-order valence-electron chi connectivity index (χ0n) is 10.4. The number of nitrogens with zero attached hydrogens (tertiary/aromatic N) is 2. The Morgan fingerprint density at radius 2 is 2.12 bits per heavy atom. The van der Waals surface area contributed by atoms with Gasteiger partial charge in [0.1, 0.15) is 6.54 Å². The summed E-state index contributed by atoms with van der Waals surface area (Å²) < 4.78 is 5.45. The average Bonchev–Trinajstić information content (AvgIpc) is 2.95. The van der Waals surface area contributed by atoms with Gasteiger partial charge >= 0.3 is 0 Å². The van der Waals surface area contributed by atoms with Gasteiger partial charge < -0.3 is 9.64 Å². The molecule has 2 fully saturated rings. The van der Waals surface area contributed by atoms with Crippen molar-refractivity contribution >= 4 is 5.91 Å². The molecule has 2 rings (SSSR count). The number of carbonyl (C=O) groups is 1. The molecule has 0 N–H and O–H groups in total. The van der Waals surface area contributed by atoms with Gasteiger partial charge in [-0.2, -0.15) is 5.26 Å². The van der Waals surface area contributed by atoms with E-state index in [1.54, 1.807) is 4.90 Å². The minimum atomic E-state index is -0.0380. The molecule has 0 bridgehead atoms. The molecule has 4 heteroatoms. The van der Waals surface area contributed by atoms with Crippen LogP contribution in [-0.2, 0) is 9.53 Å². The lowest BCUT2D eigenvalue weighted by Crippen LogP contribution is -2.44. The van der Waals surface area contributed by atoms with E-state index in [0.717, 1.165) is 19.3 Å².